The monoisotopic (exact) mass is 451 g/mol. The van der Waals surface area contributed by atoms with Gasteiger partial charge in [-0.2, -0.15) is 13.2 Å². The smallest absolute Gasteiger partial charge is 0.418 e. The van der Waals surface area contributed by atoms with Gasteiger partial charge >= 0.3 is 12.1 Å². The first-order chi connectivity index (χ1) is 14.6. The molecule has 0 aliphatic heterocycles. The van der Waals surface area contributed by atoms with Crippen LogP contribution in [0.4, 0.5) is 18.3 Å². The van der Waals surface area contributed by atoms with Gasteiger partial charge in [0.2, 0.25) is 0 Å². The lowest BCUT2D eigenvalue weighted by molar-refractivity contribution is -0.142. The number of halogens is 3. The Hall–Kier alpha value is -3.14. The van der Waals surface area contributed by atoms with Crippen LogP contribution in [0.25, 0.3) is 5.69 Å². The molecule has 0 spiro atoms. The molecule has 0 saturated carbocycles. The van der Waals surface area contributed by atoms with Crippen molar-refractivity contribution in [3.63, 3.8) is 0 Å². The molecule has 0 fully saturated rings. The normalized spacial score (nSPS) is 11.4. The van der Waals surface area contributed by atoms with Crippen molar-refractivity contribution in [3.8, 4) is 5.69 Å². The highest BCUT2D eigenvalue weighted by Gasteiger charge is 2.34. The van der Waals surface area contributed by atoms with Crippen molar-refractivity contribution in [3.05, 3.63) is 63.9 Å². The minimum absolute atomic E-state index is 0.0110. The lowest BCUT2D eigenvalue weighted by Crippen LogP contribution is -2.15. The maximum Gasteiger partial charge on any atom is 0.418 e. The molecule has 0 aliphatic rings. The molecule has 2 heterocycles. The number of aromatic nitrogens is 2. The van der Waals surface area contributed by atoms with Crippen LogP contribution < -0.4 is 5.32 Å². The molecule has 3 aromatic rings. The zero-order chi connectivity index (χ0) is 22.8. The summed E-state index contributed by atoms with van der Waals surface area (Å²) in [6.07, 6.45) is -4.54. The number of hydrogen-bond donors (Lipinski definition) is 1. The van der Waals surface area contributed by atoms with Crippen molar-refractivity contribution in [2.45, 2.75) is 33.4 Å². The second kappa shape index (κ2) is 8.93. The van der Waals surface area contributed by atoms with E-state index in [1.165, 1.54) is 28.8 Å². The predicted molar refractivity (Wildman–Crippen MR) is 111 cm³/mol. The molecule has 0 aliphatic carbocycles. The van der Waals surface area contributed by atoms with Crippen LogP contribution in [0.1, 0.15) is 39.9 Å². The number of carbonyl (C=O) groups excluding carboxylic acids is 2. The lowest BCUT2D eigenvalue weighted by atomic mass is 10.1. The quantitative estimate of drug-likeness (QED) is 0.540. The molecule has 31 heavy (non-hydrogen) atoms. The minimum Gasteiger partial charge on any atom is -0.466 e. The number of aryl methyl sites for hydroxylation is 1. The summed E-state index contributed by atoms with van der Waals surface area (Å²) < 4.78 is 46.7. The summed E-state index contributed by atoms with van der Waals surface area (Å²) in [7, 11) is 0. The molecule has 3 rings (SSSR count). The fourth-order valence-corrected chi connectivity index (χ4v) is 3.95. The Balaban J connectivity index is 1.86. The number of nitrogens with one attached hydrogen (secondary N) is 1. The Kier molecular flexibility index (Phi) is 6.49. The molecule has 6 nitrogen and oxygen atoms in total. The number of rotatable bonds is 6. The van der Waals surface area contributed by atoms with Gasteiger partial charge in [-0.15, -0.1) is 11.3 Å². The fraction of sp³-hybridized carbons (Fsp3) is 0.286. The van der Waals surface area contributed by atoms with Crippen molar-refractivity contribution in [1.82, 2.24) is 9.55 Å². The van der Waals surface area contributed by atoms with E-state index in [0.29, 0.717) is 17.1 Å². The number of hydrogen-bond acceptors (Lipinski definition) is 5. The van der Waals surface area contributed by atoms with Crippen LogP contribution in [0.5, 0.6) is 0 Å². The standard InChI is InChI=1S/C21H20F3N3O3S/c1-4-30-18(28)10-14-11-31-20(25-14)26-19(29)15-9-12(2)27(13(15)3)17-8-6-5-7-16(17)21(22,23)24/h5-9,11H,4,10H2,1-3H3,(H,25,26,29). The fourth-order valence-electron chi connectivity index (χ4n) is 3.24. The molecule has 0 radical (unpaired) electrons. The second-order valence-corrected chi connectivity index (χ2v) is 7.57. The molecule has 0 unspecified atom stereocenters. The van der Waals surface area contributed by atoms with Gasteiger partial charge in [0.15, 0.2) is 5.13 Å². The number of benzene rings is 1. The number of amides is 1. The first-order valence-corrected chi connectivity index (χ1v) is 10.3. The summed E-state index contributed by atoms with van der Waals surface area (Å²) in [6, 6.07) is 6.75. The van der Waals surface area contributed by atoms with E-state index in [-0.39, 0.29) is 29.4 Å². The molecule has 0 bridgehead atoms. The van der Waals surface area contributed by atoms with E-state index >= 15 is 0 Å². The number of ether oxygens (including phenoxy) is 1. The molecule has 10 heteroatoms. The van der Waals surface area contributed by atoms with Crippen LogP contribution in [0.15, 0.2) is 35.7 Å². The summed E-state index contributed by atoms with van der Waals surface area (Å²) in [5.41, 5.74) is 0.721. The average Bonchev–Trinajstić information content (AvgIpc) is 3.24. The van der Waals surface area contributed by atoms with Gasteiger partial charge in [-0.25, -0.2) is 4.98 Å². The van der Waals surface area contributed by atoms with Gasteiger partial charge < -0.3 is 9.30 Å². The molecule has 1 amide bonds. The van der Waals surface area contributed by atoms with Crippen molar-refractivity contribution in [2.24, 2.45) is 0 Å². The number of nitrogens with zero attached hydrogens (tertiary/aromatic N) is 2. The maximum absolute atomic E-state index is 13.5. The highest BCUT2D eigenvalue weighted by Crippen LogP contribution is 2.35. The summed E-state index contributed by atoms with van der Waals surface area (Å²) in [5, 5.41) is 4.56. The Morgan fingerprint density at radius 3 is 2.61 bits per heavy atom. The highest BCUT2D eigenvalue weighted by atomic mass is 32.1. The third kappa shape index (κ3) is 4.96. The van der Waals surface area contributed by atoms with E-state index in [9.17, 15) is 22.8 Å². The molecule has 0 atom stereocenters. The van der Waals surface area contributed by atoms with Crippen molar-refractivity contribution in [1.29, 1.82) is 0 Å². The summed E-state index contributed by atoms with van der Waals surface area (Å²) in [4.78, 5) is 28.5. The van der Waals surface area contributed by atoms with E-state index in [4.69, 9.17) is 4.74 Å². The maximum atomic E-state index is 13.5. The minimum atomic E-state index is -4.53. The Morgan fingerprint density at radius 1 is 1.23 bits per heavy atom. The average molecular weight is 451 g/mol. The van der Waals surface area contributed by atoms with Gasteiger partial charge in [0.05, 0.1) is 35.5 Å². The number of alkyl halides is 3. The predicted octanol–water partition coefficient (Wildman–Crippen LogP) is 4.93. The molecular formula is C21H20F3N3O3S. The van der Waals surface area contributed by atoms with E-state index in [2.05, 4.69) is 10.3 Å². The van der Waals surface area contributed by atoms with Crippen LogP contribution in [0, 0.1) is 13.8 Å². The van der Waals surface area contributed by atoms with Crippen LogP contribution in [0.3, 0.4) is 0 Å². The number of anilines is 1. The highest BCUT2D eigenvalue weighted by molar-refractivity contribution is 7.14. The largest absolute Gasteiger partial charge is 0.466 e. The van der Waals surface area contributed by atoms with E-state index < -0.39 is 23.6 Å². The van der Waals surface area contributed by atoms with Crippen molar-refractivity contribution < 1.29 is 27.5 Å². The zero-order valence-electron chi connectivity index (χ0n) is 17.0. The molecule has 1 aromatic carbocycles. The van der Waals surface area contributed by atoms with Gasteiger partial charge in [0.25, 0.3) is 5.91 Å². The molecule has 2 aromatic heterocycles. The van der Waals surface area contributed by atoms with Crippen LogP contribution in [-0.4, -0.2) is 28.0 Å². The number of para-hydroxylation sites is 1. The summed E-state index contributed by atoms with van der Waals surface area (Å²) in [5.74, 6) is -0.918. The van der Waals surface area contributed by atoms with Crippen molar-refractivity contribution >= 4 is 28.3 Å². The lowest BCUT2D eigenvalue weighted by Gasteiger charge is -2.16. The summed E-state index contributed by atoms with van der Waals surface area (Å²) in [6.45, 7) is 5.19. The molecule has 164 valence electrons. The Morgan fingerprint density at radius 2 is 1.94 bits per heavy atom. The Labute approximate surface area is 180 Å². The SMILES string of the molecule is CCOC(=O)Cc1csc(NC(=O)c2cc(C)n(-c3ccccc3C(F)(F)F)c2C)n1. The van der Waals surface area contributed by atoms with Gasteiger partial charge in [0.1, 0.15) is 0 Å². The number of esters is 1. The number of thiazole rings is 1. The van der Waals surface area contributed by atoms with Gasteiger partial charge in [-0.05, 0) is 39.0 Å². The van der Waals surface area contributed by atoms with E-state index in [1.807, 2.05) is 0 Å². The molecule has 1 N–H and O–H groups in total. The topological polar surface area (TPSA) is 73.2 Å². The first kappa shape index (κ1) is 22.5. The van der Waals surface area contributed by atoms with E-state index in [1.54, 1.807) is 26.2 Å². The summed E-state index contributed by atoms with van der Waals surface area (Å²) >= 11 is 1.15. The zero-order valence-corrected chi connectivity index (χ0v) is 17.9. The van der Waals surface area contributed by atoms with Crippen LogP contribution in [-0.2, 0) is 22.1 Å². The van der Waals surface area contributed by atoms with Gasteiger partial charge in [-0.1, -0.05) is 12.1 Å². The third-order valence-electron chi connectivity index (χ3n) is 4.53. The molecule has 0 saturated heterocycles. The van der Waals surface area contributed by atoms with Crippen LogP contribution >= 0.6 is 11.3 Å². The van der Waals surface area contributed by atoms with Gasteiger partial charge in [0, 0.05) is 16.8 Å². The molecular weight excluding hydrogens is 431 g/mol. The third-order valence-corrected chi connectivity index (χ3v) is 5.34. The number of carbonyl (C=O) groups is 2. The van der Waals surface area contributed by atoms with E-state index in [0.717, 1.165) is 17.4 Å². The van der Waals surface area contributed by atoms with Crippen LogP contribution in [0.2, 0.25) is 0 Å². The Bertz CT molecular complexity index is 1120. The van der Waals surface area contributed by atoms with Crippen molar-refractivity contribution in [2.75, 3.05) is 11.9 Å². The van der Waals surface area contributed by atoms with Gasteiger partial charge in [-0.3, -0.25) is 14.9 Å². The first-order valence-electron chi connectivity index (χ1n) is 9.38. The second-order valence-electron chi connectivity index (χ2n) is 6.72.